The predicted octanol–water partition coefficient (Wildman–Crippen LogP) is 1.28. The summed E-state index contributed by atoms with van der Waals surface area (Å²) in [6.07, 6.45) is -4.54. The minimum absolute atomic E-state index is 0.00504. The third-order valence-corrected chi connectivity index (χ3v) is 3.69. The number of halogens is 3. The Kier molecular flexibility index (Phi) is 5.93. The number of rotatable bonds is 5. The number of carbonyl (C=O) groups excluding carboxylic acids is 2. The molecule has 3 N–H and O–H groups in total. The van der Waals surface area contributed by atoms with Crippen molar-refractivity contribution in [1.82, 2.24) is 20.0 Å². The van der Waals surface area contributed by atoms with E-state index < -0.39 is 36.8 Å². The molecule has 1 aromatic heterocycles. The molecule has 1 aromatic carbocycles. The molecule has 146 valence electrons. The van der Waals surface area contributed by atoms with Gasteiger partial charge in [0.15, 0.2) is 0 Å². The van der Waals surface area contributed by atoms with Crippen molar-refractivity contribution in [3.63, 3.8) is 0 Å². The molecule has 0 bridgehead atoms. The van der Waals surface area contributed by atoms with Gasteiger partial charge in [0.1, 0.15) is 12.2 Å². The van der Waals surface area contributed by atoms with Crippen LogP contribution in [0.3, 0.4) is 0 Å². The van der Waals surface area contributed by atoms with E-state index in [2.05, 4.69) is 10.6 Å². The predicted molar refractivity (Wildman–Crippen MR) is 91.8 cm³/mol. The summed E-state index contributed by atoms with van der Waals surface area (Å²) in [4.78, 5) is 35.8. The van der Waals surface area contributed by atoms with Crippen molar-refractivity contribution in [2.75, 3.05) is 18.4 Å². The Balaban J connectivity index is 2.04. The number of para-hydroxylation sites is 1. The zero-order chi connectivity index (χ0) is 20.2. The molecule has 1 heterocycles. The van der Waals surface area contributed by atoms with Gasteiger partial charge in [-0.2, -0.15) is 13.2 Å². The summed E-state index contributed by atoms with van der Waals surface area (Å²) in [5.74, 6) is -1.01. The number of amides is 3. The van der Waals surface area contributed by atoms with E-state index in [-0.39, 0.29) is 5.69 Å². The van der Waals surface area contributed by atoms with Crippen molar-refractivity contribution in [1.29, 1.82) is 0 Å². The molecule has 27 heavy (non-hydrogen) atoms. The second kappa shape index (κ2) is 7.98. The maximum absolute atomic E-state index is 12.6. The van der Waals surface area contributed by atoms with E-state index >= 15 is 0 Å². The van der Waals surface area contributed by atoms with Gasteiger partial charge in [-0.05, 0) is 19.1 Å². The monoisotopic (exact) mass is 385 g/mol. The highest BCUT2D eigenvalue weighted by atomic mass is 19.4. The highest BCUT2D eigenvalue weighted by Gasteiger charge is 2.27. The van der Waals surface area contributed by atoms with E-state index in [0.29, 0.717) is 11.4 Å². The van der Waals surface area contributed by atoms with Gasteiger partial charge < -0.3 is 16.0 Å². The Hall–Kier alpha value is -3.24. The van der Waals surface area contributed by atoms with Crippen LogP contribution in [0.2, 0.25) is 0 Å². The number of hydrogen-bond acceptors (Lipinski definition) is 3. The number of benzene rings is 1. The molecule has 0 fully saturated rings. The molecular formula is C16H18F3N5O3. The van der Waals surface area contributed by atoms with Gasteiger partial charge >= 0.3 is 12.2 Å². The van der Waals surface area contributed by atoms with Crippen LogP contribution in [0, 0.1) is 6.92 Å². The fourth-order valence-electron chi connectivity index (χ4n) is 2.29. The molecule has 0 aliphatic carbocycles. The molecule has 0 atom stereocenters. The van der Waals surface area contributed by atoms with E-state index in [4.69, 9.17) is 0 Å². The molecular weight excluding hydrogens is 367 g/mol. The topological polar surface area (TPSA) is 97.2 Å². The molecule has 0 aliphatic rings. The Morgan fingerprint density at radius 2 is 1.74 bits per heavy atom. The Bertz CT molecular complexity index is 887. The Morgan fingerprint density at radius 3 is 2.33 bits per heavy atom. The fourth-order valence-corrected chi connectivity index (χ4v) is 2.29. The summed E-state index contributed by atoms with van der Waals surface area (Å²) in [6.45, 7) is -0.540. The maximum Gasteiger partial charge on any atom is 0.405 e. The number of alkyl halides is 3. The van der Waals surface area contributed by atoms with Gasteiger partial charge in [-0.15, -0.1) is 0 Å². The first-order valence-corrected chi connectivity index (χ1v) is 7.82. The summed E-state index contributed by atoms with van der Waals surface area (Å²) in [5.41, 5.74) is 0.557. The molecule has 0 saturated carbocycles. The van der Waals surface area contributed by atoms with Gasteiger partial charge in [0.25, 0.3) is 5.56 Å². The minimum atomic E-state index is -4.54. The van der Waals surface area contributed by atoms with Crippen LogP contribution in [0.15, 0.2) is 35.1 Å². The van der Waals surface area contributed by atoms with Gasteiger partial charge in [-0.1, -0.05) is 18.2 Å². The lowest BCUT2D eigenvalue weighted by Gasteiger charge is -2.09. The zero-order valence-corrected chi connectivity index (χ0v) is 14.6. The smallest absolute Gasteiger partial charge is 0.345 e. The quantitative estimate of drug-likeness (QED) is 0.723. The lowest BCUT2D eigenvalue weighted by Crippen LogP contribution is -2.42. The second-order valence-electron chi connectivity index (χ2n) is 5.64. The van der Waals surface area contributed by atoms with E-state index in [1.165, 1.54) is 4.68 Å². The van der Waals surface area contributed by atoms with Crippen molar-refractivity contribution >= 4 is 17.6 Å². The first kappa shape index (κ1) is 20.1. The summed E-state index contributed by atoms with van der Waals surface area (Å²) < 4.78 is 38.9. The molecule has 2 rings (SSSR count). The standard InChI is InChI=1S/C16H18F3N5O3/c1-10-13(14(26)24(23(10)2)11-6-4-3-5-7-11)22-15(27)20-8-12(25)21-9-16(17,18)19/h3-7H,8-9H2,1-2H3,(H,21,25)(H2,20,22,27). The Labute approximate surface area is 151 Å². The number of nitrogens with zero attached hydrogens (tertiary/aromatic N) is 2. The summed E-state index contributed by atoms with van der Waals surface area (Å²) in [7, 11) is 1.64. The lowest BCUT2D eigenvalue weighted by atomic mass is 10.3. The summed E-state index contributed by atoms with van der Waals surface area (Å²) >= 11 is 0. The molecule has 0 aliphatic heterocycles. The van der Waals surface area contributed by atoms with Crippen molar-refractivity contribution in [3.8, 4) is 5.69 Å². The van der Waals surface area contributed by atoms with Crippen molar-refractivity contribution in [2.24, 2.45) is 7.05 Å². The summed E-state index contributed by atoms with van der Waals surface area (Å²) in [5, 5.41) is 6.06. The molecule has 0 unspecified atom stereocenters. The second-order valence-corrected chi connectivity index (χ2v) is 5.64. The van der Waals surface area contributed by atoms with Crippen molar-refractivity contribution in [3.05, 3.63) is 46.4 Å². The minimum Gasteiger partial charge on any atom is -0.345 e. The van der Waals surface area contributed by atoms with Crippen LogP contribution in [-0.2, 0) is 11.8 Å². The summed E-state index contributed by atoms with van der Waals surface area (Å²) in [6, 6.07) is 7.85. The van der Waals surface area contributed by atoms with E-state index in [1.807, 2.05) is 0 Å². The van der Waals surface area contributed by atoms with Gasteiger partial charge in [0.2, 0.25) is 5.91 Å². The molecule has 2 aromatic rings. The van der Waals surface area contributed by atoms with Crippen LogP contribution in [0.4, 0.5) is 23.7 Å². The van der Waals surface area contributed by atoms with Crippen molar-refractivity contribution < 1.29 is 22.8 Å². The Morgan fingerprint density at radius 1 is 1.11 bits per heavy atom. The number of aromatic nitrogens is 2. The average Bonchev–Trinajstić information content (AvgIpc) is 2.82. The average molecular weight is 385 g/mol. The third kappa shape index (κ3) is 5.12. The number of urea groups is 1. The molecule has 0 radical (unpaired) electrons. The van der Waals surface area contributed by atoms with E-state index in [1.54, 1.807) is 54.3 Å². The highest BCUT2D eigenvalue weighted by molar-refractivity contribution is 5.92. The van der Waals surface area contributed by atoms with Crippen LogP contribution in [0.25, 0.3) is 5.69 Å². The van der Waals surface area contributed by atoms with Crippen LogP contribution < -0.4 is 21.5 Å². The first-order chi connectivity index (χ1) is 12.6. The van der Waals surface area contributed by atoms with Crippen LogP contribution >= 0.6 is 0 Å². The molecule has 0 saturated heterocycles. The highest BCUT2D eigenvalue weighted by Crippen LogP contribution is 2.14. The molecule has 3 amide bonds. The van der Waals surface area contributed by atoms with Crippen LogP contribution in [0.5, 0.6) is 0 Å². The molecule has 8 nitrogen and oxygen atoms in total. The number of carbonyl (C=O) groups is 2. The zero-order valence-electron chi connectivity index (χ0n) is 14.6. The van der Waals surface area contributed by atoms with Crippen LogP contribution in [0.1, 0.15) is 5.69 Å². The van der Waals surface area contributed by atoms with Gasteiger partial charge in [0.05, 0.1) is 17.9 Å². The van der Waals surface area contributed by atoms with Gasteiger partial charge in [-0.25, -0.2) is 9.48 Å². The number of hydrogen-bond donors (Lipinski definition) is 3. The number of nitrogens with one attached hydrogen (secondary N) is 3. The molecule has 11 heteroatoms. The third-order valence-electron chi connectivity index (χ3n) is 3.69. The molecule has 0 spiro atoms. The largest absolute Gasteiger partial charge is 0.405 e. The SMILES string of the molecule is Cc1c(NC(=O)NCC(=O)NCC(F)(F)F)c(=O)n(-c2ccccc2)n1C. The fraction of sp³-hybridized carbons (Fsp3) is 0.312. The normalized spacial score (nSPS) is 11.1. The van der Waals surface area contributed by atoms with Gasteiger partial charge in [-0.3, -0.25) is 14.3 Å². The maximum atomic E-state index is 12.6. The van der Waals surface area contributed by atoms with E-state index in [9.17, 15) is 27.6 Å². The first-order valence-electron chi connectivity index (χ1n) is 7.82. The van der Waals surface area contributed by atoms with E-state index in [0.717, 1.165) is 0 Å². The van der Waals surface area contributed by atoms with Gasteiger partial charge in [0, 0.05) is 7.05 Å². The number of anilines is 1. The van der Waals surface area contributed by atoms with Crippen molar-refractivity contribution in [2.45, 2.75) is 13.1 Å². The lowest BCUT2D eigenvalue weighted by molar-refractivity contribution is -0.137. The van der Waals surface area contributed by atoms with Crippen LogP contribution in [-0.4, -0.2) is 40.6 Å².